The van der Waals surface area contributed by atoms with Gasteiger partial charge in [0.2, 0.25) is 5.91 Å². The molecular formula is C13H23NO4. The van der Waals surface area contributed by atoms with Gasteiger partial charge in [0.1, 0.15) is 0 Å². The SMILES string of the molecule is CCOC(=O)CCC(=O)N(C)CC1CCCOC1. The fourth-order valence-corrected chi connectivity index (χ4v) is 2.07. The molecule has 1 fully saturated rings. The van der Waals surface area contributed by atoms with Crippen molar-refractivity contribution in [3.05, 3.63) is 0 Å². The quantitative estimate of drug-likeness (QED) is 0.671. The summed E-state index contributed by atoms with van der Waals surface area (Å²) in [5.41, 5.74) is 0. The van der Waals surface area contributed by atoms with Crippen molar-refractivity contribution >= 4 is 11.9 Å². The maximum Gasteiger partial charge on any atom is 0.306 e. The Morgan fingerprint density at radius 1 is 1.39 bits per heavy atom. The summed E-state index contributed by atoms with van der Waals surface area (Å²) in [6.45, 7) is 4.39. The topological polar surface area (TPSA) is 55.8 Å². The third-order valence-corrected chi connectivity index (χ3v) is 3.06. The van der Waals surface area contributed by atoms with Crippen molar-refractivity contribution in [2.75, 3.05) is 33.4 Å². The van der Waals surface area contributed by atoms with E-state index in [1.807, 2.05) is 0 Å². The Morgan fingerprint density at radius 3 is 2.78 bits per heavy atom. The van der Waals surface area contributed by atoms with E-state index in [0.29, 0.717) is 19.1 Å². The summed E-state index contributed by atoms with van der Waals surface area (Å²) in [5.74, 6) is 0.115. The molecule has 0 aromatic heterocycles. The maximum absolute atomic E-state index is 11.8. The van der Waals surface area contributed by atoms with Crippen molar-refractivity contribution in [2.45, 2.75) is 32.6 Å². The predicted molar refractivity (Wildman–Crippen MR) is 67.0 cm³/mol. The number of carbonyl (C=O) groups is 2. The Kier molecular flexibility index (Phi) is 6.72. The highest BCUT2D eigenvalue weighted by atomic mass is 16.5. The van der Waals surface area contributed by atoms with E-state index in [1.165, 1.54) is 0 Å². The van der Waals surface area contributed by atoms with Crippen molar-refractivity contribution in [3.8, 4) is 0 Å². The molecule has 0 bridgehead atoms. The third-order valence-electron chi connectivity index (χ3n) is 3.06. The summed E-state index contributed by atoms with van der Waals surface area (Å²) >= 11 is 0. The van der Waals surface area contributed by atoms with Gasteiger partial charge in [-0.2, -0.15) is 0 Å². The van der Waals surface area contributed by atoms with Crippen LogP contribution in [0.2, 0.25) is 0 Å². The van der Waals surface area contributed by atoms with Crippen molar-refractivity contribution in [1.82, 2.24) is 4.90 Å². The fraction of sp³-hybridized carbons (Fsp3) is 0.846. The van der Waals surface area contributed by atoms with Crippen molar-refractivity contribution in [3.63, 3.8) is 0 Å². The molecule has 1 unspecified atom stereocenters. The molecule has 0 radical (unpaired) electrons. The molecule has 0 aliphatic carbocycles. The molecule has 0 saturated carbocycles. The Bertz CT molecular complexity index is 274. The van der Waals surface area contributed by atoms with Gasteiger partial charge < -0.3 is 14.4 Å². The standard InChI is InChI=1S/C13H23NO4/c1-3-18-13(16)7-6-12(15)14(2)9-11-5-4-8-17-10-11/h11H,3-10H2,1-2H3. The van der Waals surface area contributed by atoms with Gasteiger partial charge in [-0.1, -0.05) is 0 Å². The number of nitrogens with zero attached hydrogens (tertiary/aromatic N) is 1. The van der Waals surface area contributed by atoms with Crippen molar-refractivity contribution < 1.29 is 19.1 Å². The number of carbonyl (C=O) groups excluding carboxylic acids is 2. The highest BCUT2D eigenvalue weighted by Crippen LogP contribution is 2.14. The number of hydrogen-bond acceptors (Lipinski definition) is 4. The molecule has 1 heterocycles. The number of amides is 1. The molecule has 1 saturated heterocycles. The first-order valence-electron chi connectivity index (χ1n) is 6.60. The normalized spacial score (nSPS) is 19.3. The Morgan fingerprint density at radius 2 is 2.17 bits per heavy atom. The van der Waals surface area contributed by atoms with Gasteiger partial charge in [-0.3, -0.25) is 9.59 Å². The average molecular weight is 257 g/mol. The molecule has 1 atom stereocenters. The van der Waals surface area contributed by atoms with E-state index in [0.717, 1.165) is 26.1 Å². The van der Waals surface area contributed by atoms with Gasteiger partial charge in [0.25, 0.3) is 0 Å². The summed E-state index contributed by atoms with van der Waals surface area (Å²) < 4.78 is 10.2. The van der Waals surface area contributed by atoms with E-state index in [2.05, 4.69) is 0 Å². The molecule has 0 aromatic carbocycles. The number of esters is 1. The second-order valence-electron chi connectivity index (χ2n) is 4.66. The molecule has 0 aromatic rings. The molecule has 0 N–H and O–H groups in total. The number of hydrogen-bond donors (Lipinski definition) is 0. The van der Waals surface area contributed by atoms with Crippen LogP contribution in [-0.4, -0.2) is 50.2 Å². The lowest BCUT2D eigenvalue weighted by Gasteiger charge is -2.27. The molecule has 1 amide bonds. The van der Waals surface area contributed by atoms with Gasteiger partial charge >= 0.3 is 5.97 Å². The van der Waals surface area contributed by atoms with Crippen LogP contribution in [0.25, 0.3) is 0 Å². The molecule has 104 valence electrons. The summed E-state index contributed by atoms with van der Waals surface area (Å²) in [4.78, 5) is 24.6. The zero-order valence-electron chi connectivity index (χ0n) is 11.3. The molecule has 5 heteroatoms. The van der Waals surface area contributed by atoms with Gasteiger partial charge in [-0.05, 0) is 25.7 Å². The van der Waals surface area contributed by atoms with Crippen LogP contribution in [0.1, 0.15) is 32.6 Å². The average Bonchev–Trinajstić information content (AvgIpc) is 2.37. The minimum absolute atomic E-state index is 0.00590. The van der Waals surface area contributed by atoms with Crippen LogP contribution < -0.4 is 0 Å². The zero-order chi connectivity index (χ0) is 13.4. The Labute approximate surface area is 108 Å². The summed E-state index contributed by atoms with van der Waals surface area (Å²) in [6, 6.07) is 0. The molecule has 18 heavy (non-hydrogen) atoms. The highest BCUT2D eigenvalue weighted by molar-refractivity contribution is 5.81. The lowest BCUT2D eigenvalue weighted by Crippen LogP contribution is -2.35. The van der Waals surface area contributed by atoms with E-state index >= 15 is 0 Å². The largest absolute Gasteiger partial charge is 0.466 e. The van der Waals surface area contributed by atoms with Gasteiger partial charge in [-0.25, -0.2) is 0 Å². The number of ether oxygens (including phenoxy) is 2. The second kappa shape index (κ2) is 8.08. The van der Waals surface area contributed by atoms with Crippen LogP contribution >= 0.6 is 0 Å². The summed E-state index contributed by atoms with van der Waals surface area (Å²) in [6.07, 6.45) is 2.56. The van der Waals surface area contributed by atoms with Crippen LogP contribution in [0.3, 0.4) is 0 Å². The Balaban J connectivity index is 2.21. The highest BCUT2D eigenvalue weighted by Gasteiger charge is 2.19. The Hall–Kier alpha value is -1.10. The van der Waals surface area contributed by atoms with Gasteiger partial charge in [-0.15, -0.1) is 0 Å². The first-order chi connectivity index (χ1) is 8.63. The van der Waals surface area contributed by atoms with E-state index in [4.69, 9.17) is 9.47 Å². The van der Waals surface area contributed by atoms with Crippen LogP contribution in [0.5, 0.6) is 0 Å². The minimum Gasteiger partial charge on any atom is -0.466 e. The van der Waals surface area contributed by atoms with E-state index < -0.39 is 0 Å². The van der Waals surface area contributed by atoms with Crippen LogP contribution in [0.15, 0.2) is 0 Å². The minimum atomic E-state index is -0.305. The first-order valence-corrected chi connectivity index (χ1v) is 6.60. The molecular weight excluding hydrogens is 234 g/mol. The van der Waals surface area contributed by atoms with E-state index in [9.17, 15) is 9.59 Å². The molecule has 0 spiro atoms. The molecule has 1 rings (SSSR count). The zero-order valence-corrected chi connectivity index (χ0v) is 11.3. The van der Waals surface area contributed by atoms with Gasteiger partial charge in [0.05, 0.1) is 19.6 Å². The summed E-state index contributed by atoms with van der Waals surface area (Å²) in [5, 5.41) is 0. The molecule has 5 nitrogen and oxygen atoms in total. The maximum atomic E-state index is 11.8. The monoisotopic (exact) mass is 257 g/mol. The van der Waals surface area contributed by atoms with E-state index in [1.54, 1.807) is 18.9 Å². The van der Waals surface area contributed by atoms with E-state index in [-0.39, 0.29) is 24.7 Å². The first kappa shape index (κ1) is 15.0. The third kappa shape index (κ3) is 5.49. The molecule has 1 aliphatic heterocycles. The number of rotatable bonds is 6. The van der Waals surface area contributed by atoms with Crippen molar-refractivity contribution in [1.29, 1.82) is 0 Å². The van der Waals surface area contributed by atoms with Crippen LogP contribution in [-0.2, 0) is 19.1 Å². The molecule has 1 aliphatic rings. The predicted octanol–water partition coefficient (Wildman–Crippen LogP) is 1.21. The van der Waals surface area contributed by atoms with Crippen LogP contribution in [0.4, 0.5) is 0 Å². The lowest BCUT2D eigenvalue weighted by atomic mass is 10.0. The lowest BCUT2D eigenvalue weighted by molar-refractivity contribution is -0.145. The second-order valence-corrected chi connectivity index (χ2v) is 4.66. The van der Waals surface area contributed by atoms with Gasteiger partial charge in [0, 0.05) is 26.6 Å². The van der Waals surface area contributed by atoms with Crippen molar-refractivity contribution in [2.24, 2.45) is 5.92 Å². The van der Waals surface area contributed by atoms with Gasteiger partial charge in [0.15, 0.2) is 0 Å². The van der Waals surface area contributed by atoms with Crippen LogP contribution in [0, 0.1) is 5.92 Å². The fourth-order valence-electron chi connectivity index (χ4n) is 2.07. The smallest absolute Gasteiger partial charge is 0.306 e. The summed E-state index contributed by atoms with van der Waals surface area (Å²) in [7, 11) is 1.78.